The summed E-state index contributed by atoms with van der Waals surface area (Å²) in [6.07, 6.45) is 4.32. The SMILES string of the molecule is Cc1nc2ccnc(C(C=NC3(CC#N)CN(C(=O)OC(C)(C)C)C3)=CN)n2n1. The van der Waals surface area contributed by atoms with Gasteiger partial charge in [-0.1, -0.05) is 0 Å². The summed E-state index contributed by atoms with van der Waals surface area (Å²) < 4.78 is 6.96. The van der Waals surface area contributed by atoms with Crippen molar-refractivity contribution in [3.8, 4) is 6.07 Å². The topological polar surface area (TPSA) is 135 Å². The molecule has 1 aliphatic rings. The Morgan fingerprint density at radius 2 is 2.21 bits per heavy atom. The Hall–Kier alpha value is -3.48. The van der Waals surface area contributed by atoms with Crippen LogP contribution in [0.5, 0.6) is 0 Å². The third-order valence-corrected chi connectivity index (χ3v) is 4.30. The Labute approximate surface area is 168 Å². The molecule has 0 unspecified atom stereocenters. The van der Waals surface area contributed by atoms with E-state index in [-0.39, 0.29) is 6.42 Å². The van der Waals surface area contributed by atoms with Gasteiger partial charge < -0.3 is 15.4 Å². The highest BCUT2D eigenvalue weighted by atomic mass is 16.6. The summed E-state index contributed by atoms with van der Waals surface area (Å²) in [5, 5.41) is 13.6. The van der Waals surface area contributed by atoms with E-state index >= 15 is 0 Å². The second-order valence-electron chi connectivity index (χ2n) is 7.97. The molecule has 2 aromatic rings. The van der Waals surface area contributed by atoms with Crippen molar-refractivity contribution in [2.75, 3.05) is 13.1 Å². The third-order valence-electron chi connectivity index (χ3n) is 4.30. The van der Waals surface area contributed by atoms with Crippen LogP contribution in [-0.4, -0.2) is 61.0 Å². The number of nitrogens with zero attached hydrogens (tertiary/aromatic N) is 7. The van der Waals surface area contributed by atoms with E-state index in [9.17, 15) is 10.1 Å². The molecule has 1 aliphatic heterocycles. The fourth-order valence-electron chi connectivity index (χ4n) is 3.01. The number of aromatic nitrogens is 4. The number of rotatable bonds is 4. The van der Waals surface area contributed by atoms with Gasteiger partial charge in [0.15, 0.2) is 11.5 Å². The number of carbonyl (C=O) groups excluding carboxylic acids is 1. The van der Waals surface area contributed by atoms with Gasteiger partial charge in [-0.15, -0.1) is 5.10 Å². The van der Waals surface area contributed by atoms with Crippen molar-refractivity contribution in [2.45, 2.75) is 45.3 Å². The predicted molar refractivity (Wildman–Crippen MR) is 107 cm³/mol. The van der Waals surface area contributed by atoms with Crippen LogP contribution in [0.2, 0.25) is 0 Å². The van der Waals surface area contributed by atoms with Gasteiger partial charge in [0.25, 0.3) is 0 Å². The minimum Gasteiger partial charge on any atom is -0.444 e. The Balaban J connectivity index is 1.80. The number of hydrogen-bond donors (Lipinski definition) is 1. The number of fused-ring (bicyclic) bond motifs is 1. The van der Waals surface area contributed by atoms with Crippen LogP contribution in [-0.2, 0) is 4.74 Å². The molecule has 1 saturated heterocycles. The van der Waals surface area contributed by atoms with Crippen molar-refractivity contribution in [3.05, 3.63) is 30.1 Å². The highest BCUT2D eigenvalue weighted by Gasteiger charge is 2.46. The molecule has 152 valence electrons. The zero-order chi connectivity index (χ0) is 21.2. The van der Waals surface area contributed by atoms with Gasteiger partial charge in [0.2, 0.25) is 0 Å². The first-order valence-corrected chi connectivity index (χ1v) is 9.17. The van der Waals surface area contributed by atoms with Crippen molar-refractivity contribution < 1.29 is 9.53 Å². The average Bonchev–Trinajstić information content (AvgIpc) is 2.98. The van der Waals surface area contributed by atoms with E-state index in [0.29, 0.717) is 36.0 Å². The van der Waals surface area contributed by atoms with Crippen LogP contribution >= 0.6 is 0 Å². The van der Waals surface area contributed by atoms with Gasteiger partial charge in [-0.2, -0.15) is 9.78 Å². The monoisotopic (exact) mass is 396 g/mol. The summed E-state index contributed by atoms with van der Waals surface area (Å²) >= 11 is 0. The largest absolute Gasteiger partial charge is 0.444 e. The van der Waals surface area contributed by atoms with Gasteiger partial charge in [-0.05, 0) is 27.7 Å². The van der Waals surface area contributed by atoms with Crippen molar-refractivity contribution in [2.24, 2.45) is 10.7 Å². The molecule has 29 heavy (non-hydrogen) atoms. The fraction of sp³-hybridized carbons (Fsp3) is 0.474. The summed E-state index contributed by atoms with van der Waals surface area (Å²) in [6, 6.07) is 3.89. The number of aliphatic imine (C=N–C) groups is 1. The molecule has 0 radical (unpaired) electrons. The molecular weight excluding hydrogens is 372 g/mol. The number of allylic oxidation sites excluding steroid dienone is 1. The van der Waals surface area contributed by atoms with E-state index in [1.165, 1.54) is 11.1 Å². The van der Waals surface area contributed by atoms with Gasteiger partial charge in [0, 0.05) is 24.7 Å². The van der Waals surface area contributed by atoms with E-state index in [1.807, 2.05) is 20.8 Å². The van der Waals surface area contributed by atoms with Crippen LogP contribution in [0.25, 0.3) is 11.2 Å². The lowest BCUT2D eigenvalue weighted by molar-refractivity contribution is -0.00648. The van der Waals surface area contributed by atoms with Gasteiger partial charge >= 0.3 is 6.09 Å². The van der Waals surface area contributed by atoms with Crippen LogP contribution in [0.15, 0.2) is 23.5 Å². The number of ether oxygens (including phenoxy) is 1. The number of nitriles is 1. The van der Waals surface area contributed by atoms with Crippen LogP contribution in [0, 0.1) is 18.3 Å². The van der Waals surface area contributed by atoms with Crippen LogP contribution in [0.4, 0.5) is 4.79 Å². The standard InChI is InChI=1S/C19H24N8O2/c1-13-24-15-5-8-22-16(27(15)25-13)14(9-21)10-23-19(6-7-20)11-26(12-19)17(28)29-18(2,3)4/h5,8-10H,6,11-12,21H2,1-4H3. The summed E-state index contributed by atoms with van der Waals surface area (Å²) in [4.78, 5) is 27.0. The lowest BCUT2D eigenvalue weighted by Crippen LogP contribution is -2.63. The molecule has 0 atom stereocenters. The summed E-state index contributed by atoms with van der Waals surface area (Å²) in [7, 11) is 0. The first-order chi connectivity index (χ1) is 13.7. The number of nitrogens with two attached hydrogens (primary N) is 1. The Bertz CT molecular complexity index is 1020. The van der Waals surface area contributed by atoms with Crippen molar-refractivity contribution in [1.29, 1.82) is 5.26 Å². The van der Waals surface area contributed by atoms with E-state index in [0.717, 1.165) is 0 Å². The normalized spacial score (nSPS) is 16.7. The molecule has 0 saturated carbocycles. The maximum Gasteiger partial charge on any atom is 0.410 e. The van der Waals surface area contributed by atoms with E-state index < -0.39 is 17.2 Å². The lowest BCUT2D eigenvalue weighted by atomic mass is 9.88. The zero-order valence-corrected chi connectivity index (χ0v) is 17.0. The molecule has 2 aromatic heterocycles. The number of carbonyl (C=O) groups is 1. The Morgan fingerprint density at radius 1 is 1.48 bits per heavy atom. The second-order valence-corrected chi connectivity index (χ2v) is 7.97. The number of hydrogen-bond acceptors (Lipinski definition) is 8. The highest BCUT2D eigenvalue weighted by Crippen LogP contribution is 2.30. The molecule has 0 aliphatic carbocycles. The first kappa shape index (κ1) is 20.3. The maximum absolute atomic E-state index is 12.2. The average molecular weight is 396 g/mol. The fourth-order valence-corrected chi connectivity index (χ4v) is 3.01. The summed E-state index contributed by atoms with van der Waals surface area (Å²) in [5.74, 6) is 1.10. The molecule has 0 spiro atoms. The van der Waals surface area contributed by atoms with Gasteiger partial charge in [-0.3, -0.25) is 4.99 Å². The van der Waals surface area contributed by atoms with Gasteiger partial charge in [0.05, 0.1) is 31.2 Å². The van der Waals surface area contributed by atoms with Crippen LogP contribution < -0.4 is 5.73 Å². The van der Waals surface area contributed by atoms with E-state index in [4.69, 9.17) is 10.5 Å². The van der Waals surface area contributed by atoms with Gasteiger partial charge in [0.1, 0.15) is 17.0 Å². The highest BCUT2D eigenvalue weighted by molar-refractivity contribution is 6.08. The van der Waals surface area contributed by atoms with Crippen molar-refractivity contribution in [1.82, 2.24) is 24.5 Å². The quantitative estimate of drug-likeness (QED) is 0.777. The molecule has 1 amide bonds. The summed E-state index contributed by atoms with van der Waals surface area (Å²) in [6.45, 7) is 7.81. The van der Waals surface area contributed by atoms with Gasteiger partial charge in [-0.25, -0.2) is 14.8 Å². The minimum absolute atomic E-state index is 0.167. The molecule has 10 nitrogen and oxygen atoms in total. The third kappa shape index (κ3) is 4.34. The van der Waals surface area contributed by atoms with Crippen LogP contribution in [0.1, 0.15) is 38.8 Å². The smallest absolute Gasteiger partial charge is 0.410 e. The Morgan fingerprint density at radius 3 is 2.83 bits per heavy atom. The number of aryl methyl sites for hydroxylation is 1. The van der Waals surface area contributed by atoms with Crippen LogP contribution in [0.3, 0.4) is 0 Å². The second kappa shape index (κ2) is 7.50. The molecule has 0 aromatic carbocycles. The molecule has 3 heterocycles. The molecule has 1 fully saturated rings. The lowest BCUT2D eigenvalue weighted by Gasteiger charge is -2.46. The van der Waals surface area contributed by atoms with E-state index in [2.05, 4.69) is 26.1 Å². The molecule has 0 bridgehead atoms. The molecule has 2 N–H and O–H groups in total. The maximum atomic E-state index is 12.2. The number of amides is 1. The molecular formula is C19H24N8O2. The Kier molecular flexibility index (Phi) is 5.24. The zero-order valence-electron chi connectivity index (χ0n) is 17.0. The molecule has 10 heteroatoms. The van der Waals surface area contributed by atoms with Crippen molar-refractivity contribution >= 4 is 23.5 Å². The minimum atomic E-state index is -0.702. The van der Waals surface area contributed by atoms with Crippen molar-refractivity contribution in [3.63, 3.8) is 0 Å². The molecule has 3 rings (SSSR count). The first-order valence-electron chi connectivity index (χ1n) is 9.17. The predicted octanol–water partition coefficient (Wildman–Crippen LogP) is 1.71. The van der Waals surface area contributed by atoms with E-state index in [1.54, 1.807) is 29.9 Å². The summed E-state index contributed by atoms with van der Waals surface area (Å²) in [5.41, 5.74) is 5.70. The number of likely N-dealkylation sites (tertiary alicyclic amines) is 1.